The van der Waals surface area contributed by atoms with Crippen LogP contribution in [0.25, 0.3) is 0 Å². The molecule has 1 aliphatic rings. The lowest BCUT2D eigenvalue weighted by molar-refractivity contribution is -0.202. The van der Waals surface area contributed by atoms with Gasteiger partial charge in [0.25, 0.3) is 0 Å². The molecule has 0 aliphatic heterocycles. The third-order valence-electron chi connectivity index (χ3n) is 2.07. The van der Waals surface area contributed by atoms with Crippen molar-refractivity contribution in [2.45, 2.75) is 25.1 Å². The van der Waals surface area contributed by atoms with Crippen LogP contribution in [0.3, 0.4) is 0 Å². The molecule has 0 amide bonds. The first-order valence-electron chi connectivity index (χ1n) is 3.29. The maximum Gasteiger partial charge on any atom is 0.393 e. The Labute approximate surface area is 57.6 Å². The van der Waals surface area contributed by atoms with Gasteiger partial charge in [0.05, 0.1) is 5.92 Å². The van der Waals surface area contributed by atoms with Crippen molar-refractivity contribution in [3.8, 4) is 0 Å². The molecule has 0 saturated heterocycles. The minimum absolute atomic E-state index is 0.287. The molecule has 4 heteroatoms. The number of halogens is 3. The van der Waals surface area contributed by atoms with Crippen LogP contribution in [-0.2, 0) is 0 Å². The molecule has 1 fully saturated rings. The van der Waals surface area contributed by atoms with Crippen LogP contribution in [0.2, 0.25) is 0 Å². The maximum atomic E-state index is 11.9. The summed E-state index contributed by atoms with van der Waals surface area (Å²) < 4.78 is 35.7. The number of hydrogen-bond acceptors (Lipinski definition) is 1. The van der Waals surface area contributed by atoms with Crippen LogP contribution in [0, 0.1) is 5.92 Å². The molecule has 10 heavy (non-hydrogen) atoms. The van der Waals surface area contributed by atoms with Gasteiger partial charge in [-0.1, -0.05) is 0 Å². The second kappa shape index (κ2) is 2.42. The normalized spacial score (nSPS) is 33.6. The van der Waals surface area contributed by atoms with Gasteiger partial charge in [0, 0.05) is 6.04 Å². The molecule has 0 radical (unpaired) electrons. The highest BCUT2D eigenvalue weighted by Gasteiger charge is 2.49. The van der Waals surface area contributed by atoms with Crippen LogP contribution in [-0.4, -0.2) is 19.3 Å². The molecule has 1 N–H and O–H groups in total. The van der Waals surface area contributed by atoms with Gasteiger partial charge >= 0.3 is 6.18 Å². The molecule has 0 unspecified atom stereocenters. The highest BCUT2D eigenvalue weighted by molar-refractivity contribution is 4.89. The zero-order chi connectivity index (χ0) is 7.78. The summed E-state index contributed by atoms with van der Waals surface area (Å²) in [5, 5.41) is 2.64. The van der Waals surface area contributed by atoms with Crippen LogP contribution >= 0.6 is 0 Å². The molecule has 1 saturated carbocycles. The second-order valence-corrected chi connectivity index (χ2v) is 2.62. The van der Waals surface area contributed by atoms with E-state index < -0.39 is 12.1 Å². The smallest absolute Gasteiger partial charge is 0.316 e. The standard InChI is InChI=1S/C6H10F3N/c1-10-5-3-2-4(5)6(7,8)9/h4-5,10H,2-3H2,1H3/t4-,5-/m1/s1. The van der Waals surface area contributed by atoms with Crippen LogP contribution in [0.15, 0.2) is 0 Å². The fraction of sp³-hybridized carbons (Fsp3) is 1.00. The van der Waals surface area contributed by atoms with Crippen LogP contribution in [0.5, 0.6) is 0 Å². The van der Waals surface area contributed by atoms with Gasteiger partial charge in [0.15, 0.2) is 0 Å². The van der Waals surface area contributed by atoms with Crippen molar-refractivity contribution in [2.75, 3.05) is 7.05 Å². The zero-order valence-electron chi connectivity index (χ0n) is 5.70. The predicted molar refractivity (Wildman–Crippen MR) is 31.6 cm³/mol. The molecule has 0 aromatic rings. The summed E-state index contributed by atoms with van der Waals surface area (Å²) in [7, 11) is 1.57. The van der Waals surface area contributed by atoms with Crippen LogP contribution in [0.1, 0.15) is 12.8 Å². The molecular formula is C6H10F3N. The summed E-state index contributed by atoms with van der Waals surface area (Å²) in [5.74, 6) is -1.10. The second-order valence-electron chi connectivity index (χ2n) is 2.62. The quantitative estimate of drug-likeness (QED) is 0.602. The van der Waals surface area contributed by atoms with Crippen molar-refractivity contribution in [2.24, 2.45) is 5.92 Å². The molecule has 0 spiro atoms. The first kappa shape index (κ1) is 7.85. The average molecular weight is 153 g/mol. The van der Waals surface area contributed by atoms with Gasteiger partial charge in [-0.25, -0.2) is 0 Å². The van der Waals surface area contributed by atoms with Gasteiger partial charge in [0.2, 0.25) is 0 Å². The van der Waals surface area contributed by atoms with E-state index in [9.17, 15) is 13.2 Å². The third kappa shape index (κ3) is 1.26. The molecule has 0 aromatic heterocycles. The van der Waals surface area contributed by atoms with E-state index in [1.54, 1.807) is 7.05 Å². The fourth-order valence-electron chi connectivity index (χ4n) is 1.24. The Morgan fingerprint density at radius 2 is 1.90 bits per heavy atom. The molecule has 1 aliphatic carbocycles. The maximum absolute atomic E-state index is 11.9. The Balaban J connectivity index is 2.43. The number of nitrogens with one attached hydrogen (secondary N) is 1. The predicted octanol–water partition coefficient (Wildman–Crippen LogP) is 1.55. The van der Waals surface area contributed by atoms with E-state index in [2.05, 4.69) is 5.32 Å². The molecule has 60 valence electrons. The van der Waals surface area contributed by atoms with Crippen molar-refractivity contribution in [1.29, 1.82) is 0 Å². The summed E-state index contributed by atoms with van der Waals surface area (Å²) in [6.07, 6.45) is -3.05. The summed E-state index contributed by atoms with van der Waals surface area (Å²) in [6.45, 7) is 0. The van der Waals surface area contributed by atoms with Crippen molar-refractivity contribution in [1.82, 2.24) is 5.32 Å². The van der Waals surface area contributed by atoms with Gasteiger partial charge in [0.1, 0.15) is 0 Å². The first-order chi connectivity index (χ1) is 4.55. The van der Waals surface area contributed by atoms with Crippen LogP contribution < -0.4 is 5.32 Å². The molecule has 0 heterocycles. The zero-order valence-corrected chi connectivity index (χ0v) is 5.70. The van der Waals surface area contributed by atoms with Crippen molar-refractivity contribution >= 4 is 0 Å². The van der Waals surface area contributed by atoms with Gasteiger partial charge in [-0.2, -0.15) is 13.2 Å². The van der Waals surface area contributed by atoms with Crippen molar-refractivity contribution < 1.29 is 13.2 Å². The molecular weight excluding hydrogens is 143 g/mol. The molecule has 1 rings (SSSR count). The SMILES string of the molecule is CN[C@@H]1CC[C@H]1C(F)(F)F. The highest BCUT2D eigenvalue weighted by atomic mass is 19.4. The Kier molecular flexibility index (Phi) is 1.90. The highest BCUT2D eigenvalue weighted by Crippen LogP contribution is 2.40. The van der Waals surface area contributed by atoms with E-state index in [1.165, 1.54) is 0 Å². The summed E-state index contributed by atoms with van der Waals surface area (Å²) >= 11 is 0. The lowest BCUT2D eigenvalue weighted by Gasteiger charge is -2.37. The Morgan fingerprint density at radius 1 is 1.30 bits per heavy atom. The molecule has 2 atom stereocenters. The molecule has 0 aromatic carbocycles. The molecule has 0 bridgehead atoms. The van der Waals surface area contributed by atoms with Crippen LogP contribution in [0.4, 0.5) is 13.2 Å². The lowest BCUT2D eigenvalue weighted by Crippen LogP contribution is -2.49. The van der Waals surface area contributed by atoms with E-state index in [0.29, 0.717) is 6.42 Å². The monoisotopic (exact) mass is 153 g/mol. The van der Waals surface area contributed by atoms with E-state index >= 15 is 0 Å². The first-order valence-corrected chi connectivity index (χ1v) is 3.29. The fourth-order valence-corrected chi connectivity index (χ4v) is 1.24. The topological polar surface area (TPSA) is 12.0 Å². The Morgan fingerprint density at radius 3 is 2.00 bits per heavy atom. The van der Waals surface area contributed by atoms with Gasteiger partial charge < -0.3 is 5.32 Å². The summed E-state index contributed by atoms with van der Waals surface area (Å²) in [6, 6.07) is -0.333. The Hall–Kier alpha value is -0.250. The third-order valence-corrected chi connectivity index (χ3v) is 2.07. The molecule has 1 nitrogen and oxygen atoms in total. The number of rotatable bonds is 1. The van der Waals surface area contributed by atoms with E-state index in [0.717, 1.165) is 0 Å². The van der Waals surface area contributed by atoms with E-state index in [-0.39, 0.29) is 12.5 Å². The largest absolute Gasteiger partial charge is 0.393 e. The summed E-state index contributed by atoms with van der Waals surface area (Å²) in [4.78, 5) is 0. The Bertz CT molecular complexity index is 119. The van der Waals surface area contributed by atoms with Crippen molar-refractivity contribution in [3.05, 3.63) is 0 Å². The van der Waals surface area contributed by atoms with E-state index in [4.69, 9.17) is 0 Å². The number of alkyl halides is 3. The summed E-state index contributed by atoms with van der Waals surface area (Å²) in [5.41, 5.74) is 0. The lowest BCUT2D eigenvalue weighted by atomic mass is 9.79. The number of hydrogen-bond donors (Lipinski definition) is 1. The van der Waals surface area contributed by atoms with Gasteiger partial charge in [-0.05, 0) is 19.9 Å². The van der Waals surface area contributed by atoms with Gasteiger partial charge in [-0.3, -0.25) is 0 Å². The van der Waals surface area contributed by atoms with E-state index in [1.807, 2.05) is 0 Å². The minimum Gasteiger partial charge on any atom is -0.316 e. The minimum atomic E-state index is -3.99. The van der Waals surface area contributed by atoms with Gasteiger partial charge in [-0.15, -0.1) is 0 Å². The average Bonchev–Trinajstić information content (AvgIpc) is 1.57. The van der Waals surface area contributed by atoms with Crippen molar-refractivity contribution in [3.63, 3.8) is 0 Å².